The van der Waals surface area contributed by atoms with E-state index in [4.69, 9.17) is 0 Å². The summed E-state index contributed by atoms with van der Waals surface area (Å²) < 4.78 is 26.8. The fourth-order valence-electron chi connectivity index (χ4n) is 2.60. The van der Waals surface area contributed by atoms with Crippen LogP contribution in [0.4, 0.5) is 0 Å². The first-order valence-corrected chi connectivity index (χ1v) is 11.6. The molecule has 0 fully saturated rings. The zero-order chi connectivity index (χ0) is 19.0. The fraction of sp³-hybridized carbons (Fsp3) is 0.176. The predicted molar refractivity (Wildman–Crippen MR) is 105 cm³/mol. The first-order valence-electron chi connectivity index (χ1n) is 8.03. The van der Waals surface area contributed by atoms with Gasteiger partial charge in [0.2, 0.25) is 5.16 Å². The summed E-state index contributed by atoms with van der Waals surface area (Å²) in [5.74, 6) is 0. The number of fused-ring (bicyclic) bond motifs is 1. The van der Waals surface area contributed by atoms with Gasteiger partial charge >= 0.3 is 0 Å². The molecule has 27 heavy (non-hydrogen) atoms. The molecule has 2 heterocycles. The fourth-order valence-corrected chi connectivity index (χ4v) is 5.39. The van der Waals surface area contributed by atoms with Gasteiger partial charge in [-0.05, 0) is 52.9 Å². The van der Waals surface area contributed by atoms with Gasteiger partial charge in [0.15, 0.2) is 14.2 Å². The van der Waals surface area contributed by atoms with Gasteiger partial charge < -0.3 is 0 Å². The summed E-state index contributed by atoms with van der Waals surface area (Å²) in [6, 6.07) is 14.9. The molecule has 0 N–H and O–H groups in total. The molecule has 10 heteroatoms. The van der Waals surface area contributed by atoms with Crippen LogP contribution in [-0.2, 0) is 9.84 Å². The van der Waals surface area contributed by atoms with Crippen molar-refractivity contribution < 1.29 is 8.42 Å². The minimum absolute atomic E-state index is 0.0186. The number of tetrazole rings is 1. The second-order valence-corrected chi connectivity index (χ2v) is 10.2. The number of hydrogen-bond donors (Lipinski definition) is 0. The van der Waals surface area contributed by atoms with E-state index in [1.807, 2.05) is 37.3 Å². The number of hydrogen-bond acceptors (Lipinski definition) is 8. The molecule has 1 unspecified atom stereocenters. The Hall–Kier alpha value is -2.30. The summed E-state index contributed by atoms with van der Waals surface area (Å²) >= 11 is 2.79. The molecule has 0 saturated carbocycles. The van der Waals surface area contributed by atoms with Crippen LogP contribution < -0.4 is 0 Å². The molecule has 0 radical (unpaired) electrons. The first-order chi connectivity index (χ1) is 12.9. The van der Waals surface area contributed by atoms with E-state index in [9.17, 15) is 8.42 Å². The summed E-state index contributed by atoms with van der Waals surface area (Å²) in [7, 11) is -3.25. The van der Waals surface area contributed by atoms with Gasteiger partial charge in [-0.1, -0.05) is 30.3 Å². The number of aromatic nitrogens is 5. The molecule has 0 amide bonds. The monoisotopic (exact) mass is 417 g/mol. The van der Waals surface area contributed by atoms with E-state index in [1.165, 1.54) is 29.4 Å². The van der Waals surface area contributed by atoms with Crippen molar-refractivity contribution in [2.75, 3.05) is 6.26 Å². The topological polar surface area (TPSA) is 90.6 Å². The van der Waals surface area contributed by atoms with Crippen LogP contribution in [0.5, 0.6) is 0 Å². The van der Waals surface area contributed by atoms with E-state index in [-0.39, 0.29) is 10.9 Å². The van der Waals surface area contributed by atoms with Gasteiger partial charge in [0.1, 0.15) is 0 Å². The molecule has 7 nitrogen and oxygen atoms in total. The average molecular weight is 418 g/mol. The highest BCUT2D eigenvalue weighted by Gasteiger charge is 2.18. The first kappa shape index (κ1) is 18.1. The van der Waals surface area contributed by atoms with Crippen molar-refractivity contribution in [3.8, 4) is 0 Å². The second-order valence-electron chi connectivity index (χ2n) is 5.98. The number of rotatable bonds is 5. The van der Waals surface area contributed by atoms with Crippen molar-refractivity contribution >= 4 is 43.2 Å². The van der Waals surface area contributed by atoms with E-state index in [2.05, 4.69) is 20.5 Å². The highest BCUT2D eigenvalue weighted by atomic mass is 32.2. The van der Waals surface area contributed by atoms with Crippen LogP contribution in [0.2, 0.25) is 0 Å². The molecule has 0 bridgehead atoms. The molecule has 0 aliphatic heterocycles. The number of thiazole rings is 1. The lowest BCUT2D eigenvalue weighted by Gasteiger charge is -2.12. The molecule has 4 aromatic rings. The molecule has 2 aromatic carbocycles. The predicted octanol–water partition coefficient (Wildman–Crippen LogP) is 3.45. The molecule has 1 atom stereocenters. The van der Waals surface area contributed by atoms with Gasteiger partial charge in [0.05, 0.1) is 21.2 Å². The van der Waals surface area contributed by atoms with Crippen LogP contribution in [0.25, 0.3) is 10.2 Å². The smallest absolute Gasteiger partial charge is 0.216 e. The summed E-state index contributed by atoms with van der Waals surface area (Å²) in [5, 5.41) is 12.7. The highest BCUT2D eigenvalue weighted by molar-refractivity contribution is 8.01. The zero-order valence-corrected chi connectivity index (χ0v) is 16.9. The SMILES string of the molecule is CC(c1ccccc1)n1nnnc1Sc1nc2ccc(S(C)(=O)=O)cc2s1. The van der Waals surface area contributed by atoms with Crippen molar-refractivity contribution in [1.29, 1.82) is 0 Å². The third kappa shape index (κ3) is 3.73. The molecular formula is C17H15N5O2S3. The number of benzene rings is 2. The van der Waals surface area contributed by atoms with Gasteiger partial charge in [0.25, 0.3) is 0 Å². The van der Waals surface area contributed by atoms with E-state index in [1.54, 1.807) is 22.9 Å². The van der Waals surface area contributed by atoms with Crippen molar-refractivity contribution in [2.45, 2.75) is 27.4 Å². The molecule has 0 spiro atoms. The van der Waals surface area contributed by atoms with Crippen LogP contribution >= 0.6 is 23.1 Å². The molecule has 0 aliphatic carbocycles. The van der Waals surface area contributed by atoms with Gasteiger partial charge in [-0.3, -0.25) is 0 Å². The van der Waals surface area contributed by atoms with Gasteiger partial charge in [-0.15, -0.1) is 16.4 Å². The molecular weight excluding hydrogens is 402 g/mol. The summed E-state index contributed by atoms with van der Waals surface area (Å²) in [4.78, 5) is 4.85. The quantitative estimate of drug-likeness (QED) is 0.491. The Morgan fingerprint density at radius 3 is 2.67 bits per heavy atom. The lowest BCUT2D eigenvalue weighted by Crippen LogP contribution is -2.09. The molecule has 0 aliphatic rings. The van der Waals surface area contributed by atoms with E-state index < -0.39 is 9.84 Å². The van der Waals surface area contributed by atoms with Crippen LogP contribution in [-0.4, -0.2) is 39.9 Å². The molecule has 138 valence electrons. The van der Waals surface area contributed by atoms with Gasteiger partial charge in [-0.25, -0.2) is 18.1 Å². The minimum Gasteiger partial charge on any atom is -0.229 e. The molecule has 0 saturated heterocycles. The molecule has 2 aromatic heterocycles. The van der Waals surface area contributed by atoms with Crippen molar-refractivity contribution in [3.05, 3.63) is 54.1 Å². The van der Waals surface area contributed by atoms with Crippen LogP contribution in [0.1, 0.15) is 18.5 Å². The largest absolute Gasteiger partial charge is 0.229 e. The lowest BCUT2D eigenvalue weighted by atomic mass is 10.1. The standard InChI is InChI=1S/C17H15N5O2S3/c1-11(12-6-4-3-5-7-12)22-16(19-20-21-22)26-17-18-14-9-8-13(27(2,23)24)10-15(14)25-17/h3-11H,1-2H3. The second kappa shape index (κ2) is 7.02. The van der Waals surface area contributed by atoms with Gasteiger partial charge in [0, 0.05) is 6.26 Å². The number of sulfone groups is 1. The number of nitrogens with zero attached hydrogens (tertiary/aromatic N) is 5. The average Bonchev–Trinajstić information content (AvgIpc) is 3.27. The van der Waals surface area contributed by atoms with Gasteiger partial charge in [-0.2, -0.15) is 0 Å². The Labute approximate surface area is 164 Å². The maximum absolute atomic E-state index is 11.7. The third-order valence-electron chi connectivity index (χ3n) is 4.06. The van der Waals surface area contributed by atoms with Crippen molar-refractivity contribution in [1.82, 2.24) is 25.2 Å². The lowest BCUT2D eigenvalue weighted by molar-refractivity contribution is 0.504. The third-order valence-corrected chi connectivity index (χ3v) is 7.20. The van der Waals surface area contributed by atoms with Crippen LogP contribution in [0, 0.1) is 0 Å². The summed E-state index contributed by atoms with van der Waals surface area (Å²) in [5.41, 5.74) is 1.86. The van der Waals surface area contributed by atoms with Crippen LogP contribution in [0.3, 0.4) is 0 Å². The van der Waals surface area contributed by atoms with Crippen molar-refractivity contribution in [2.24, 2.45) is 0 Å². The normalized spacial score (nSPS) is 13.1. The van der Waals surface area contributed by atoms with E-state index in [0.717, 1.165) is 20.1 Å². The Kier molecular flexibility index (Phi) is 4.70. The molecule has 4 rings (SSSR count). The minimum atomic E-state index is -3.25. The van der Waals surface area contributed by atoms with E-state index >= 15 is 0 Å². The maximum Gasteiger partial charge on any atom is 0.216 e. The van der Waals surface area contributed by atoms with E-state index in [0.29, 0.717) is 5.16 Å². The highest BCUT2D eigenvalue weighted by Crippen LogP contribution is 2.35. The van der Waals surface area contributed by atoms with Crippen molar-refractivity contribution in [3.63, 3.8) is 0 Å². The zero-order valence-electron chi connectivity index (χ0n) is 14.5. The Bertz CT molecular complexity index is 1200. The Morgan fingerprint density at radius 2 is 1.93 bits per heavy atom. The van der Waals surface area contributed by atoms with Crippen LogP contribution in [0.15, 0.2) is 62.9 Å². The summed E-state index contributed by atoms with van der Waals surface area (Å²) in [6.07, 6.45) is 1.20. The summed E-state index contributed by atoms with van der Waals surface area (Å²) in [6.45, 7) is 2.03. The maximum atomic E-state index is 11.7. The Morgan fingerprint density at radius 1 is 1.15 bits per heavy atom. The Balaban J connectivity index is 1.65.